The molecule has 0 aliphatic carbocycles. The van der Waals surface area contributed by atoms with Gasteiger partial charge in [0.05, 0.1) is 5.56 Å². The van der Waals surface area contributed by atoms with Gasteiger partial charge in [0.25, 0.3) is 0 Å². The van der Waals surface area contributed by atoms with Gasteiger partial charge in [0, 0.05) is 31.7 Å². The number of rotatable bonds is 1. The van der Waals surface area contributed by atoms with Crippen LogP contribution in [0.2, 0.25) is 0 Å². The molecule has 1 amide bonds. The number of carbonyl (C=O) groups is 2. The Morgan fingerprint density at radius 1 is 1.07 bits per heavy atom. The van der Waals surface area contributed by atoms with Crippen molar-refractivity contribution >= 4 is 23.9 Å². The summed E-state index contributed by atoms with van der Waals surface area (Å²) in [6, 6.07) is 12.9. The zero-order valence-corrected chi connectivity index (χ0v) is 17.4. The molecule has 2 heterocycles. The monoisotopic (exact) mass is 407 g/mol. The van der Waals surface area contributed by atoms with Crippen LogP contribution in [0.1, 0.15) is 36.7 Å². The second-order valence-electron chi connectivity index (χ2n) is 8.33. The topological polar surface area (TPSA) is 71.4 Å². The molecule has 2 aromatic carbocycles. The Morgan fingerprint density at radius 2 is 1.80 bits per heavy atom. The number of para-hydroxylation sites is 2. The number of carbonyl (C=O) groups excluding carboxylic acids is 2. The van der Waals surface area contributed by atoms with Crippen molar-refractivity contribution < 1.29 is 19.1 Å². The van der Waals surface area contributed by atoms with Gasteiger partial charge in [0.15, 0.2) is 5.75 Å². The van der Waals surface area contributed by atoms with Crippen molar-refractivity contribution in [2.45, 2.75) is 26.4 Å². The summed E-state index contributed by atoms with van der Waals surface area (Å²) in [6.45, 7) is 7.91. The Morgan fingerprint density at radius 3 is 2.50 bits per heavy atom. The van der Waals surface area contributed by atoms with E-state index in [1.54, 1.807) is 17.0 Å². The van der Waals surface area contributed by atoms with E-state index in [0.717, 1.165) is 23.4 Å². The van der Waals surface area contributed by atoms with Gasteiger partial charge >= 0.3 is 6.09 Å². The molecular weight excluding hydrogens is 382 g/mol. The Bertz CT molecular complexity index is 1000. The van der Waals surface area contributed by atoms with Crippen molar-refractivity contribution in [3.63, 3.8) is 0 Å². The van der Waals surface area contributed by atoms with E-state index in [1.165, 1.54) is 0 Å². The van der Waals surface area contributed by atoms with E-state index >= 15 is 0 Å². The van der Waals surface area contributed by atoms with E-state index in [-0.39, 0.29) is 6.09 Å². The molecule has 0 radical (unpaired) electrons. The first-order valence-electron chi connectivity index (χ1n) is 10.0. The van der Waals surface area contributed by atoms with Crippen LogP contribution < -0.4 is 4.74 Å². The lowest BCUT2D eigenvalue weighted by atomic mass is 10.1. The Kier molecular flexibility index (Phi) is 5.20. The maximum atomic E-state index is 12.4. The van der Waals surface area contributed by atoms with E-state index in [2.05, 4.69) is 4.90 Å². The molecule has 1 fully saturated rings. The Balaban J connectivity index is 1.61. The first kappa shape index (κ1) is 19.9. The van der Waals surface area contributed by atoms with E-state index in [4.69, 9.17) is 14.5 Å². The molecule has 0 saturated carbocycles. The summed E-state index contributed by atoms with van der Waals surface area (Å²) < 4.78 is 11.6. The standard InChI is InChI=1S/C23H25N3O4/c1-23(2,3)30-22(28)26-12-10-25(11-13-26)21-17-9-8-16(15-27)14-20(17)29-19-7-5-4-6-18(19)24-21/h4-9,14-15H,10-13H2,1-3H3. The van der Waals surface area contributed by atoms with Crippen LogP contribution in [0.25, 0.3) is 0 Å². The maximum absolute atomic E-state index is 12.4. The summed E-state index contributed by atoms with van der Waals surface area (Å²) in [5.41, 5.74) is 1.58. The van der Waals surface area contributed by atoms with Crippen LogP contribution in [-0.2, 0) is 4.74 Å². The van der Waals surface area contributed by atoms with Gasteiger partial charge < -0.3 is 19.3 Å². The molecule has 7 nitrogen and oxygen atoms in total. The molecule has 0 bridgehead atoms. The van der Waals surface area contributed by atoms with Crippen LogP contribution in [0.15, 0.2) is 47.5 Å². The molecule has 0 N–H and O–H groups in total. The first-order chi connectivity index (χ1) is 14.3. The molecule has 4 rings (SSSR count). The molecular formula is C23H25N3O4. The third-order valence-electron chi connectivity index (χ3n) is 4.93. The van der Waals surface area contributed by atoms with Crippen LogP contribution in [0, 0.1) is 0 Å². The van der Waals surface area contributed by atoms with Crippen molar-refractivity contribution in [3.05, 3.63) is 53.6 Å². The first-order valence-corrected chi connectivity index (χ1v) is 10.0. The predicted molar refractivity (Wildman–Crippen MR) is 114 cm³/mol. The number of aldehydes is 1. The number of hydrogen-bond donors (Lipinski definition) is 0. The van der Waals surface area contributed by atoms with Gasteiger partial charge in [0.2, 0.25) is 0 Å². The largest absolute Gasteiger partial charge is 0.454 e. The second kappa shape index (κ2) is 7.82. The van der Waals surface area contributed by atoms with Gasteiger partial charge in [-0.25, -0.2) is 9.79 Å². The molecule has 0 unspecified atom stereocenters. The summed E-state index contributed by atoms with van der Waals surface area (Å²) in [4.78, 5) is 32.4. The van der Waals surface area contributed by atoms with Gasteiger partial charge in [-0.1, -0.05) is 18.2 Å². The lowest BCUT2D eigenvalue weighted by Crippen LogP contribution is -2.51. The normalized spacial score (nSPS) is 15.9. The maximum Gasteiger partial charge on any atom is 0.410 e. The number of aliphatic imine (C=N–C) groups is 1. The molecule has 0 atom stereocenters. The minimum atomic E-state index is -0.518. The highest BCUT2D eigenvalue weighted by Gasteiger charge is 2.29. The quantitative estimate of drug-likeness (QED) is 0.662. The minimum absolute atomic E-state index is 0.297. The molecule has 1 saturated heterocycles. The summed E-state index contributed by atoms with van der Waals surface area (Å²) in [5.74, 6) is 2.01. The van der Waals surface area contributed by atoms with Crippen molar-refractivity contribution in [3.8, 4) is 11.5 Å². The van der Waals surface area contributed by atoms with E-state index in [9.17, 15) is 9.59 Å². The lowest BCUT2D eigenvalue weighted by Gasteiger charge is -2.37. The lowest BCUT2D eigenvalue weighted by molar-refractivity contribution is 0.0187. The summed E-state index contributed by atoms with van der Waals surface area (Å²) in [5, 5.41) is 0. The highest BCUT2D eigenvalue weighted by molar-refractivity contribution is 6.04. The minimum Gasteiger partial charge on any atom is -0.454 e. The SMILES string of the molecule is CC(C)(C)OC(=O)N1CCN(C2=Nc3ccccc3Oc3cc(C=O)ccc32)CC1. The fourth-order valence-corrected chi connectivity index (χ4v) is 3.48. The van der Waals surface area contributed by atoms with Gasteiger partial charge in [-0.3, -0.25) is 4.79 Å². The van der Waals surface area contributed by atoms with Gasteiger partial charge in [-0.2, -0.15) is 0 Å². The number of fused-ring (bicyclic) bond motifs is 2. The highest BCUT2D eigenvalue weighted by atomic mass is 16.6. The average molecular weight is 407 g/mol. The van der Waals surface area contributed by atoms with Gasteiger partial charge in [0.1, 0.15) is 29.2 Å². The van der Waals surface area contributed by atoms with Crippen LogP contribution in [0.3, 0.4) is 0 Å². The summed E-state index contributed by atoms with van der Waals surface area (Å²) >= 11 is 0. The summed E-state index contributed by atoms with van der Waals surface area (Å²) in [6.07, 6.45) is 0.506. The zero-order valence-electron chi connectivity index (χ0n) is 17.4. The molecule has 2 aliphatic rings. The number of piperazine rings is 1. The van der Waals surface area contributed by atoms with E-state index in [1.807, 2.05) is 51.1 Å². The molecule has 156 valence electrons. The van der Waals surface area contributed by atoms with Gasteiger partial charge in [-0.15, -0.1) is 0 Å². The molecule has 2 aliphatic heterocycles. The molecule has 30 heavy (non-hydrogen) atoms. The van der Waals surface area contributed by atoms with Crippen LogP contribution in [-0.4, -0.2) is 59.8 Å². The highest BCUT2D eigenvalue weighted by Crippen LogP contribution is 2.38. The number of nitrogens with zero attached hydrogens (tertiary/aromatic N) is 3. The number of amides is 1. The molecule has 0 spiro atoms. The van der Waals surface area contributed by atoms with Crippen LogP contribution >= 0.6 is 0 Å². The molecule has 2 aromatic rings. The Labute approximate surface area is 175 Å². The number of amidine groups is 1. The smallest absolute Gasteiger partial charge is 0.410 e. The van der Waals surface area contributed by atoms with E-state index in [0.29, 0.717) is 43.2 Å². The third kappa shape index (κ3) is 4.15. The predicted octanol–water partition coefficient (Wildman–Crippen LogP) is 4.24. The third-order valence-corrected chi connectivity index (χ3v) is 4.93. The van der Waals surface area contributed by atoms with Crippen LogP contribution in [0.5, 0.6) is 11.5 Å². The fourth-order valence-electron chi connectivity index (χ4n) is 3.48. The van der Waals surface area contributed by atoms with Crippen molar-refractivity contribution in [2.24, 2.45) is 4.99 Å². The zero-order chi connectivity index (χ0) is 21.3. The average Bonchev–Trinajstić information content (AvgIpc) is 2.88. The van der Waals surface area contributed by atoms with Crippen molar-refractivity contribution in [2.75, 3.05) is 26.2 Å². The van der Waals surface area contributed by atoms with Gasteiger partial charge in [-0.05, 0) is 45.0 Å². The van der Waals surface area contributed by atoms with Crippen molar-refractivity contribution in [1.29, 1.82) is 0 Å². The van der Waals surface area contributed by atoms with E-state index < -0.39 is 5.60 Å². The van der Waals surface area contributed by atoms with Crippen molar-refractivity contribution in [1.82, 2.24) is 9.80 Å². The number of benzene rings is 2. The second-order valence-corrected chi connectivity index (χ2v) is 8.33. The summed E-state index contributed by atoms with van der Waals surface area (Å²) in [7, 11) is 0. The molecule has 0 aromatic heterocycles. The number of ether oxygens (including phenoxy) is 2. The Hall–Kier alpha value is -3.35. The number of hydrogen-bond acceptors (Lipinski definition) is 6. The van der Waals surface area contributed by atoms with Crippen LogP contribution in [0.4, 0.5) is 10.5 Å². The fraction of sp³-hybridized carbons (Fsp3) is 0.348. The molecule has 7 heteroatoms.